The van der Waals surface area contributed by atoms with Gasteiger partial charge in [-0.2, -0.15) is 0 Å². The van der Waals surface area contributed by atoms with Crippen molar-refractivity contribution in [2.75, 3.05) is 13.7 Å². The Morgan fingerprint density at radius 1 is 1.43 bits per heavy atom. The van der Waals surface area contributed by atoms with E-state index in [1.54, 1.807) is 30.3 Å². The molecule has 1 saturated carbocycles. The molecule has 21 heavy (non-hydrogen) atoms. The van der Waals surface area contributed by atoms with Crippen molar-refractivity contribution in [1.82, 2.24) is 0 Å². The SMILES string of the molecule is COC(=O)[C@@]1(C(C[N+](=O)[O-])c2ccccc2)CCCC1=O. The summed E-state index contributed by atoms with van der Waals surface area (Å²) in [4.78, 5) is 35.2. The van der Waals surface area contributed by atoms with Crippen molar-refractivity contribution in [1.29, 1.82) is 0 Å². The Morgan fingerprint density at radius 3 is 2.57 bits per heavy atom. The summed E-state index contributed by atoms with van der Waals surface area (Å²) in [7, 11) is 1.21. The molecule has 0 heterocycles. The first-order valence-corrected chi connectivity index (χ1v) is 6.81. The summed E-state index contributed by atoms with van der Waals surface area (Å²) in [6.07, 6.45) is 1.11. The third kappa shape index (κ3) is 2.66. The molecule has 0 radical (unpaired) electrons. The standard InChI is InChI=1S/C15H17NO5/c1-21-14(18)15(9-5-8-13(15)17)12(10-16(19)20)11-6-3-2-4-7-11/h2-4,6-7,12H,5,8-10H2,1H3/t12?,15-/m1/s1. The molecule has 0 bridgehead atoms. The number of Topliss-reactive ketones (excluding diaryl/α,β-unsaturated/α-hetero) is 1. The summed E-state index contributed by atoms with van der Waals surface area (Å²) < 4.78 is 4.81. The van der Waals surface area contributed by atoms with E-state index < -0.39 is 28.8 Å². The van der Waals surface area contributed by atoms with Gasteiger partial charge < -0.3 is 4.74 Å². The predicted molar refractivity (Wildman–Crippen MR) is 74.4 cm³/mol. The number of carbonyl (C=O) groups excluding carboxylic acids is 2. The fraction of sp³-hybridized carbons (Fsp3) is 0.467. The predicted octanol–water partition coefficient (Wildman–Crippen LogP) is 1.96. The van der Waals surface area contributed by atoms with Gasteiger partial charge in [-0.05, 0) is 18.4 Å². The number of rotatable bonds is 5. The molecule has 0 amide bonds. The van der Waals surface area contributed by atoms with Crippen molar-refractivity contribution in [2.24, 2.45) is 5.41 Å². The van der Waals surface area contributed by atoms with Gasteiger partial charge in [-0.1, -0.05) is 30.3 Å². The van der Waals surface area contributed by atoms with Crippen molar-refractivity contribution >= 4 is 11.8 Å². The summed E-state index contributed by atoms with van der Waals surface area (Å²) in [5.41, 5.74) is -0.807. The number of carbonyl (C=O) groups is 2. The van der Waals surface area contributed by atoms with Crippen LogP contribution in [0.2, 0.25) is 0 Å². The maximum Gasteiger partial charge on any atom is 0.320 e. The minimum absolute atomic E-state index is 0.259. The van der Waals surface area contributed by atoms with E-state index in [9.17, 15) is 19.7 Å². The molecule has 1 aromatic rings. The van der Waals surface area contributed by atoms with Crippen molar-refractivity contribution in [3.63, 3.8) is 0 Å². The van der Waals surface area contributed by atoms with Gasteiger partial charge in [-0.15, -0.1) is 0 Å². The molecular formula is C15H17NO5. The first-order chi connectivity index (χ1) is 10.0. The van der Waals surface area contributed by atoms with Gasteiger partial charge in [0.1, 0.15) is 5.41 Å². The number of benzene rings is 1. The van der Waals surface area contributed by atoms with Crippen LogP contribution in [0, 0.1) is 15.5 Å². The van der Waals surface area contributed by atoms with E-state index in [0.29, 0.717) is 18.4 Å². The molecule has 2 atom stereocenters. The van der Waals surface area contributed by atoms with Gasteiger partial charge in [0.15, 0.2) is 5.78 Å². The largest absolute Gasteiger partial charge is 0.468 e. The normalized spacial score (nSPS) is 22.8. The average molecular weight is 291 g/mol. The number of methoxy groups -OCH3 is 1. The van der Waals surface area contributed by atoms with Crippen LogP contribution in [0.5, 0.6) is 0 Å². The summed E-state index contributed by atoms with van der Waals surface area (Å²) in [6, 6.07) is 8.70. The second-order valence-electron chi connectivity index (χ2n) is 5.22. The van der Waals surface area contributed by atoms with Crippen LogP contribution < -0.4 is 0 Å². The molecule has 1 fully saturated rings. The number of ether oxygens (including phenoxy) is 1. The number of esters is 1. The van der Waals surface area contributed by atoms with Gasteiger partial charge in [0.25, 0.3) is 0 Å². The fourth-order valence-electron chi connectivity index (χ4n) is 3.18. The second kappa shape index (κ2) is 6.03. The van der Waals surface area contributed by atoms with Gasteiger partial charge in [0, 0.05) is 11.3 Å². The summed E-state index contributed by atoms with van der Waals surface area (Å²) in [6.45, 7) is -0.467. The third-order valence-electron chi connectivity index (χ3n) is 4.15. The molecule has 1 aromatic carbocycles. The number of nitro groups is 1. The zero-order valence-electron chi connectivity index (χ0n) is 11.8. The van der Waals surface area contributed by atoms with Crippen LogP contribution in [0.25, 0.3) is 0 Å². The maximum absolute atomic E-state index is 12.4. The number of hydrogen-bond acceptors (Lipinski definition) is 5. The fourth-order valence-corrected chi connectivity index (χ4v) is 3.18. The van der Waals surface area contributed by atoms with Crippen LogP contribution in [0.3, 0.4) is 0 Å². The van der Waals surface area contributed by atoms with Crippen molar-refractivity contribution < 1.29 is 19.2 Å². The lowest BCUT2D eigenvalue weighted by Gasteiger charge is -2.31. The molecule has 0 aromatic heterocycles. The van der Waals surface area contributed by atoms with E-state index in [2.05, 4.69) is 0 Å². The summed E-state index contributed by atoms with van der Waals surface area (Å²) >= 11 is 0. The smallest absolute Gasteiger partial charge is 0.320 e. The molecule has 6 nitrogen and oxygen atoms in total. The summed E-state index contributed by atoms with van der Waals surface area (Å²) in [5.74, 6) is -1.72. The molecule has 0 N–H and O–H groups in total. The van der Waals surface area contributed by atoms with Gasteiger partial charge in [-0.3, -0.25) is 19.7 Å². The molecule has 6 heteroatoms. The highest BCUT2D eigenvalue weighted by Crippen LogP contribution is 2.47. The Kier molecular flexibility index (Phi) is 4.35. The van der Waals surface area contributed by atoms with Crippen molar-refractivity contribution in [3.05, 3.63) is 46.0 Å². The van der Waals surface area contributed by atoms with E-state index in [1.165, 1.54) is 7.11 Å². The molecule has 0 saturated heterocycles. The Balaban J connectivity index is 2.53. The zero-order chi connectivity index (χ0) is 15.5. The van der Waals surface area contributed by atoms with Gasteiger partial charge >= 0.3 is 5.97 Å². The van der Waals surface area contributed by atoms with Gasteiger partial charge in [0.05, 0.1) is 13.0 Å². The lowest BCUT2D eigenvalue weighted by Crippen LogP contribution is -2.44. The Morgan fingerprint density at radius 2 is 2.10 bits per heavy atom. The topological polar surface area (TPSA) is 86.5 Å². The quantitative estimate of drug-likeness (QED) is 0.358. The summed E-state index contributed by atoms with van der Waals surface area (Å²) in [5, 5.41) is 11.0. The zero-order valence-corrected chi connectivity index (χ0v) is 11.8. The van der Waals surface area contributed by atoms with E-state index in [0.717, 1.165) is 0 Å². The third-order valence-corrected chi connectivity index (χ3v) is 4.15. The van der Waals surface area contributed by atoms with Crippen molar-refractivity contribution in [3.8, 4) is 0 Å². The lowest BCUT2D eigenvalue weighted by molar-refractivity contribution is -0.485. The Hall–Kier alpha value is -2.24. The van der Waals surface area contributed by atoms with Crippen LogP contribution in [0.1, 0.15) is 30.7 Å². The van der Waals surface area contributed by atoms with Crippen LogP contribution in [-0.4, -0.2) is 30.3 Å². The van der Waals surface area contributed by atoms with Crippen LogP contribution in [-0.2, 0) is 14.3 Å². The van der Waals surface area contributed by atoms with Crippen LogP contribution >= 0.6 is 0 Å². The minimum atomic E-state index is -1.43. The number of nitrogens with zero attached hydrogens (tertiary/aromatic N) is 1. The number of hydrogen-bond donors (Lipinski definition) is 0. The van der Waals surface area contributed by atoms with E-state index in [4.69, 9.17) is 4.74 Å². The van der Waals surface area contributed by atoms with Gasteiger partial charge in [-0.25, -0.2) is 0 Å². The molecular weight excluding hydrogens is 274 g/mol. The molecule has 0 aliphatic heterocycles. The first kappa shape index (κ1) is 15.2. The lowest BCUT2D eigenvalue weighted by atomic mass is 9.70. The Labute approximate surface area is 122 Å². The molecule has 112 valence electrons. The molecule has 2 rings (SSSR count). The highest BCUT2D eigenvalue weighted by molar-refractivity contribution is 6.06. The van der Waals surface area contributed by atoms with E-state index in [1.807, 2.05) is 0 Å². The molecule has 1 unspecified atom stereocenters. The van der Waals surface area contributed by atoms with E-state index >= 15 is 0 Å². The minimum Gasteiger partial charge on any atom is -0.468 e. The number of ketones is 1. The highest BCUT2D eigenvalue weighted by atomic mass is 16.6. The second-order valence-corrected chi connectivity index (χ2v) is 5.22. The Bertz CT molecular complexity index is 556. The highest BCUT2D eigenvalue weighted by Gasteiger charge is 2.57. The monoisotopic (exact) mass is 291 g/mol. The van der Waals surface area contributed by atoms with Crippen LogP contribution in [0.4, 0.5) is 0 Å². The van der Waals surface area contributed by atoms with Crippen molar-refractivity contribution in [2.45, 2.75) is 25.2 Å². The molecule has 1 aliphatic carbocycles. The first-order valence-electron chi connectivity index (χ1n) is 6.81. The molecule has 1 aliphatic rings. The maximum atomic E-state index is 12.4. The molecule has 0 spiro atoms. The average Bonchev–Trinajstić information content (AvgIpc) is 2.87. The van der Waals surface area contributed by atoms with Crippen LogP contribution in [0.15, 0.2) is 30.3 Å². The van der Waals surface area contributed by atoms with E-state index in [-0.39, 0.29) is 12.2 Å². The van der Waals surface area contributed by atoms with Gasteiger partial charge in [0.2, 0.25) is 6.54 Å².